The van der Waals surface area contributed by atoms with Gasteiger partial charge in [0, 0.05) is 12.7 Å². The van der Waals surface area contributed by atoms with Crippen molar-refractivity contribution in [2.24, 2.45) is 13.0 Å². The zero-order valence-electron chi connectivity index (χ0n) is 14.5. The summed E-state index contributed by atoms with van der Waals surface area (Å²) in [4.78, 5) is 16.8. The molecule has 138 valence electrons. The van der Waals surface area contributed by atoms with E-state index in [-0.39, 0.29) is 12.5 Å². The predicted octanol–water partition coefficient (Wildman–Crippen LogP) is 3.37. The van der Waals surface area contributed by atoms with Crippen LogP contribution >= 0.6 is 0 Å². The zero-order chi connectivity index (χ0) is 19.1. The quantitative estimate of drug-likeness (QED) is 0.771. The first-order valence-corrected chi connectivity index (χ1v) is 8.01. The van der Waals surface area contributed by atoms with Crippen molar-refractivity contribution < 1.29 is 18.0 Å². The second-order valence-corrected chi connectivity index (χ2v) is 6.22. The van der Waals surface area contributed by atoms with E-state index in [1.54, 1.807) is 18.5 Å². The van der Waals surface area contributed by atoms with E-state index in [1.165, 1.54) is 11.6 Å². The number of fused-ring (bicyclic) bond motifs is 1. The summed E-state index contributed by atoms with van der Waals surface area (Å²) in [5.74, 6) is -0.544. The predicted molar refractivity (Wildman–Crippen MR) is 90.5 cm³/mol. The fourth-order valence-corrected chi connectivity index (χ4v) is 2.67. The molecule has 0 aliphatic rings. The van der Waals surface area contributed by atoms with E-state index in [4.69, 9.17) is 0 Å². The van der Waals surface area contributed by atoms with Gasteiger partial charge in [0.25, 0.3) is 0 Å². The fraction of sp³-hybridized carbons (Fsp3) is 0.353. The smallest absolute Gasteiger partial charge is 0.313 e. The van der Waals surface area contributed by atoms with Gasteiger partial charge in [-0.05, 0) is 25.1 Å². The molecule has 1 atom stereocenters. The minimum atomic E-state index is -4.51. The van der Waals surface area contributed by atoms with Crippen LogP contribution in [0.2, 0.25) is 0 Å². The Balaban J connectivity index is 1.74. The van der Waals surface area contributed by atoms with Gasteiger partial charge in [-0.1, -0.05) is 19.1 Å². The SMILES string of the molecule is Cc1cc(C(F)(F)F)nn1C[C@H](C)C(=O)Nc1nc2ccccc2n1C. The monoisotopic (exact) mass is 365 g/mol. The summed E-state index contributed by atoms with van der Waals surface area (Å²) in [5.41, 5.74) is 1.00. The number of nitrogens with one attached hydrogen (secondary N) is 1. The largest absolute Gasteiger partial charge is 0.435 e. The van der Waals surface area contributed by atoms with Crippen molar-refractivity contribution in [1.29, 1.82) is 0 Å². The molecule has 0 spiro atoms. The molecule has 3 aromatic rings. The van der Waals surface area contributed by atoms with Gasteiger partial charge in [0.05, 0.1) is 23.5 Å². The highest BCUT2D eigenvalue weighted by Crippen LogP contribution is 2.28. The third-order valence-corrected chi connectivity index (χ3v) is 4.19. The maximum atomic E-state index is 12.7. The third kappa shape index (κ3) is 3.42. The van der Waals surface area contributed by atoms with Gasteiger partial charge >= 0.3 is 6.18 Å². The minimum Gasteiger partial charge on any atom is -0.313 e. The van der Waals surface area contributed by atoms with Crippen molar-refractivity contribution in [2.75, 3.05) is 5.32 Å². The number of amides is 1. The van der Waals surface area contributed by atoms with Crippen LogP contribution in [-0.4, -0.2) is 25.2 Å². The summed E-state index contributed by atoms with van der Waals surface area (Å²) in [7, 11) is 1.78. The lowest BCUT2D eigenvalue weighted by Gasteiger charge is -2.13. The highest BCUT2D eigenvalue weighted by atomic mass is 19.4. The van der Waals surface area contributed by atoms with Crippen LogP contribution in [0.15, 0.2) is 30.3 Å². The molecule has 2 aromatic heterocycles. The lowest BCUT2D eigenvalue weighted by molar-refractivity contribution is -0.141. The molecule has 0 radical (unpaired) electrons. The number of carbonyl (C=O) groups is 1. The third-order valence-electron chi connectivity index (χ3n) is 4.19. The number of para-hydroxylation sites is 2. The van der Waals surface area contributed by atoms with Crippen molar-refractivity contribution in [3.63, 3.8) is 0 Å². The number of anilines is 1. The van der Waals surface area contributed by atoms with Crippen LogP contribution < -0.4 is 5.32 Å². The summed E-state index contributed by atoms with van der Waals surface area (Å²) in [6.07, 6.45) is -4.51. The molecular weight excluding hydrogens is 347 g/mol. The van der Waals surface area contributed by atoms with Gasteiger partial charge in [0.15, 0.2) is 5.69 Å². The molecule has 2 heterocycles. The maximum Gasteiger partial charge on any atom is 0.435 e. The Hall–Kier alpha value is -2.84. The molecule has 9 heteroatoms. The van der Waals surface area contributed by atoms with Crippen molar-refractivity contribution in [3.05, 3.63) is 41.7 Å². The lowest BCUT2D eigenvalue weighted by Crippen LogP contribution is -2.26. The molecule has 1 aromatic carbocycles. The van der Waals surface area contributed by atoms with Crippen molar-refractivity contribution in [2.45, 2.75) is 26.6 Å². The molecule has 0 aliphatic carbocycles. The highest BCUT2D eigenvalue weighted by Gasteiger charge is 2.34. The van der Waals surface area contributed by atoms with Crippen LogP contribution in [0.4, 0.5) is 19.1 Å². The molecule has 6 nitrogen and oxygen atoms in total. The van der Waals surface area contributed by atoms with E-state index in [9.17, 15) is 18.0 Å². The maximum absolute atomic E-state index is 12.7. The summed E-state index contributed by atoms with van der Waals surface area (Å²) in [6.45, 7) is 3.20. The Morgan fingerprint density at radius 3 is 2.62 bits per heavy atom. The van der Waals surface area contributed by atoms with Crippen molar-refractivity contribution in [3.8, 4) is 0 Å². The summed E-state index contributed by atoms with van der Waals surface area (Å²) in [6, 6.07) is 8.41. The first-order valence-electron chi connectivity index (χ1n) is 8.01. The summed E-state index contributed by atoms with van der Waals surface area (Å²) in [5, 5.41) is 6.28. The minimum absolute atomic E-state index is 0.0394. The van der Waals surface area contributed by atoms with E-state index in [0.29, 0.717) is 11.6 Å². The van der Waals surface area contributed by atoms with Crippen LogP contribution in [0.25, 0.3) is 11.0 Å². The highest BCUT2D eigenvalue weighted by molar-refractivity contribution is 5.92. The first-order chi connectivity index (χ1) is 12.2. The Morgan fingerprint density at radius 1 is 1.31 bits per heavy atom. The number of hydrogen-bond acceptors (Lipinski definition) is 3. The van der Waals surface area contributed by atoms with Gasteiger partial charge < -0.3 is 4.57 Å². The van der Waals surface area contributed by atoms with Gasteiger partial charge in [-0.25, -0.2) is 4.98 Å². The normalized spacial score (nSPS) is 13.2. The average molecular weight is 365 g/mol. The number of alkyl halides is 3. The van der Waals surface area contributed by atoms with Crippen LogP contribution in [0.5, 0.6) is 0 Å². The molecule has 0 unspecified atom stereocenters. The Kier molecular flexibility index (Phi) is 4.47. The molecular formula is C17H18F3N5O. The van der Waals surface area contributed by atoms with E-state index < -0.39 is 17.8 Å². The second-order valence-electron chi connectivity index (χ2n) is 6.22. The van der Waals surface area contributed by atoms with Gasteiger partial charge in [-0.3, -0.25) is 14.8 Å². The number of hydrogen-bond donors (Lipinski definition) is 1. The van der Waals surface area contributed by atoms with E-state index in [0.717, 1.165) is 17.1 Å². The standard InChI is InChI=1S/C17H18F3N5O/c1-10(9-25-11(2)8-14(23-25)17(18,19)20)15(26)22-16-21-12-6-4-5-7-13(12)24(16)3/h4-8,10H,9H2,1-3H3,(H,21,22,26)/t10-/m0/s1. The number of aromatic nitrogens is 4. The Morgan fingerprint density at radius 2 is 2.00 bits per heavy atom. The van der Waals surface area contributed by atoms with Crippen molar-refractivity contribution >= 4 is 22.9 Å². The summed E-state index contributed by atoms with van der Waals surface area (Å²) >= 11 is 0. The molecule has 0 fully saturated rings. The molecule has 1 N–H and O–H groups in total. The molecule has 0 aliphatic heterocycles. The molecule has 0 saturated heterocycles. The Bertz CT molecular complexity index is 957. The molecule has 3 rings (SSSR count). The molecule has 26 heavy (non-hydrogen) atoms. The lowest BCUT2D eigenvalue weighted by atomic mass is 10.1. The number of halogens is 3. The van der Waals surface area contributed by atoms with Gasteiger partial charge in [0.2, 0.25) is 11.9 Å². The molecule has 0 saturated carbocycles. The fourth-order valence-electron chi connectivity index (χ4n) is 2.67. The van der Waals surface area contributed by atoms with E-state index >= 15 is 0 Å². The topological polar surface area (TPSA) is 64.7 Å². The number of benzene rings is 1. The van der Waals surface area contributed by atoms with Gasteiger partial charge in [-0.15, -0.1) is 0 Å². The van der Waals surface area contributed by atoms with Crippen LogP contribution in [0.3, 0.4) is 0 Å². The Labute approximate surface area is 147 Å². The second kappa shape index (κ2) is 6.47. The van der Waals surface area contributed by atoms with Crippen molar-refractivity contribution in [1.82, 2.24) is 19.3 Å². The van der Waals surface area contributed by atoms with Crippen LogP contribution in [0, 0.1) is 12.8 Å². The first kappa shape index (κ1) is 18.0. The average Bonchev–Trinajstić information content (AvgIpc) is 3.09. The number of imidazole rings is 1. The van der Waals surface area contributed by atoms with Gasteiger partial charge in [0.1, 0.15) is 0 Å². The molecule has 1 amide bonds. The van der Waals surface area contributed by atoms with E-state index in [1.807, 2.05) is 24.3 Å². The number of carbonyl (C=O) groups excluding carboxylic acids is 1. The van der Waals surface area contributed by atoms with Crippen LogP contribution in [-0.2, 0) is 24.6 Å². The number of aryl methyl sites for hydroxylation is 2. The van der Waals surface area contributed by atoms with Gasteiger partial charge in [-0.2, -0.15) is 18.3 Å². The van der Waals surface area contributed by atoms with Crippen LogP contribution in [0.1, 0.15) is 18.3 Å². The summed E-state index contributed by atoms with van der Waals surface area (Å²) < 4.78 is 41.2. The zero-order valence-corrected chi connectivity index (χ0v) is 14.5. The van der Waals surface area contributed by atoms with E-state index in [2.05, 4.69) is 15.4 Å². The number of rotatable bonds is 4. The number of nitrogens with zero attached hydrogens (tertiary/aromatic N) is 4. The molecule has 0 bridgehead atoms.